The van der Waals surface area contributed by atoms with Gasteiger partial charge in [-0.25, -0.2) is 4.98 Å². The van der Waals surface area contributed by atoms with Gasteiger partial charge < -0.3 is 10.3 Å². The summed E-state index contributed by atoms with van der Waals surface area (Å²) in [4.78, 5) is 4.07. The second-order valence-electron chi connectivity index (χ2n) is 3.92. The van der Waals surface area contributed by atoms with E-state index in [1.54, 1.807) is 0 Å². The molecule has 0 spiro atoms. The molecule has 1 heterocycles. The molecule has 0 bridgehead atoms. The average Bonchev–Trinajstić information content (AvgIpc) is 2.71. The van der Waals surface area contributed by atoms with Crippen LogP contribution in [0.3, 0.4) is 0 Å². The van der Waals surface area contributed by atoms with Gasteiger partial charge in [0.2, 0.25) is 0 Å². The van der Waals surface area contributed by atoms with Crippen LogP contribution in [0.15, 0.2) is 18.7 Å². The fourth-order valence-electron chi connectivity index (χ4n) is 2.16. The number of hydrogen-bond acceptors (Lipinski definition) is 2. The molecule has 0 atom stereocenters. The molecule has 1 fully saturated rings. The highest BCUT2D eigenvalue weighted by molar-refractivity contribution is 4.84. The molecule has 2 N–H and O–H groups in total. The second-order valence-corrected chi connectivity index (χ2v) is 3.92. The zero-order chi connectivity index (χ0) is 9.10. The van der Waals surface area contributed by atoms with Gasteiger partial charge in [-0.15, -0.1) is 0 Å². The highest BCUT2D eigenvalue weighted by Gasteiger charge is 2.20. The molecule has 2 rings (SSSR count). The molecule has 1 aromatic rings. The van der Waals surface area contributed by atoms with Crippen LogP contribution in [0.5, 0.6) is 0 Å². The van der Waals surface area contributed by atoms with Crippen LogP contribution >= 0.6 is 0 Å². The molecule has 0 saturated heterocycles. The van der Waals surface area contributed by atoms with Gasteiger partial charge in [0.1, 0.15) is 0 Å². The molecular weight excluding hydrogens is 162 g/mol. The SMILES string of the molecule is NC[C@H]1CC[C@H](n2ccnc2)CC1. The molecule has 0 radical (unpaired) electrons. The van der Waals surface area contributed by atoms with Crippen molar-refractivity contribution in [1.82, 2.24) is 9.55 Å². The Morgan fingerprint density at radius 2 is 2.08 bits per heavy atom. The lowest BCUT2D eigenvalue weighted by Crippen LogP contribution is -2.22. The molecule has 13 heavy (non-hydrogen) atoms. The van der Waals surface area contributed by atoms with Crippen molar-refractivity contribution >= 4 is 0 Å². The first-order valence-electron chi connectivity index (χ1n) is 5.07. The van der Waals surface area contributed by atoms with E-state index in [2.05, 4.69) is 15.7 Å². The maximum atomic E-state index is 5.65. The Balaban J connectivity index is 1.92. The summed E-state index contributed by atoms with van der Waals surface area (Å²) in [6.45, 7) is 0.858. The monoisotopic (exact) mass is 179 g/mol. The van der Waals surface area contributed by atoms with E-state index in [0.29, 0.717) is 6.04 Å². The topological polar surface area (TPSA) is 43.8 Å². The highest BCUT2D eigenvalue weighted by atomic mass is 15.0. The van der Waals surface area contributed by atoms with E-state index in [4.69, 9.17) is 5.73 Å². The normalized spacial score (nSPS) is 29.0. The highest BCUT2D eigenvalue weighted by Crippen LogP contribution is 2.31. The van der Waals surface area contributed by atoms with Crippen molar-refractivity contribution in [2.45, 2.75) is 31.7 Å². The Labute approximate surface area is 79.0 Å². The van der Waals surface area contributed by atoms with Gasteiger partial charge in [-0.1, -0.05) is 0 Å². The van der Waals surface area contributed by atoms with Gasteiger partial charge in [0.15, 0.2) is 0 Å². The van der Waals surface area contributed by atoms with Crippen LogP contribution < -0.4 is 5.73 Å². The number of nitrogens with zero attached hydrogens (tertiary/aromatic N) is 2. The van der Waals surface area contributed by atoms with Crippen LogP contribution in [0.25, 0.3) is 0 Å². The quantitative estimate of drug-likeness (QED) is 0.749. The minimum atomic E-state index is 0.672. The summed E-state index contributed by atoms with van der Waals surface area (Å²) in [5.41, 5.74) is 5.65. The summed E-state index contributed by atoms with van der Waals surface area (Å²) in [7, 11) is 0. The zero-order valence-corrected chi connectivity index (χ0v) is 7.89. The third-order valence-corrected chi connectivity index (χ3v) is 3.10. The molecule has 0 amide bonds. The predicted molar refractivity (Wildman–Crippen MR) is 52.3 cm³/mol. The molecular formula is C10H17N3. The van der Waals surface area contributed by atoms with Gasteiger partial charge in [-0.2, -0.15) is 0 Å². The Kier molecular flexibility index (Phi) is 2.64. The summed E-state index contributed by atoms with van der Waals surface area (Å²) < 4.78 is 2.23. The summed E-state index contributed by atoms with van der Waals surface area (Å²) in [6.07, 6.45) is 10.9. The lowest BCUT2D eigenvalue weighted by atomic mass is 9.86. The smallest absolute Gasteiger partial charge is 0.0948 e. The molecule has 1 aromatic heterocycles. The fourth-order valence-corrected chi connectivity index (χ4v) is 2.16. The van der Waals surface area contributed by atoms with E-state index in [0.717, 1.165) is 12.5 Å². The van der Waals surface area contributed by atoms with Crippen LogP contribution in [0.4, 0.5) is 0 Å². The number of aromatic nitrogens is 2. The second kappa shape index (κ2) is 3.92. The van der Waals surface area contributed by atoms with Gasteiger partial charge >= 0.3 is 0 Å². The molecule has 0 aromatic carbocycles. The van der Waals surface area contributed by atoms with Gasteiger partial charge in [0.05, 0.1) is 6.33 Å². The van der Waals surface area contributed by atoms with Crippen molar-refractivity contribution < 1.29 is 0 Å². The van der Waals surface area contributed by atoms with Gasteiger partial charge in [0, 0.05) is 18.4 Å². The largest absolute Gasteiger partial charge is 0.334 e. The molecule has 3 nitrogen and oxygen atoms in total. The van der Waals surface area contributed by atoms with Crippen molar-refractivity contribution in [3.63, 3.8) is 0 Å². The third kappa shape index (κ3) is 1.91. The van der Waals surface area contributed by atoms with Gasteiger partial charge in [0.25, 0.3) is 0 Å². The number of hydrogen-bond donors (Lipinski definition) is 1. The van der Waals surface area contributed by atoms with Gasteiger partial charge in [-0.05, 0) is 38.1 Å². The third-order valence-electron chi connectivity index (χ3n) is 3.10. The van der Waals surface area contributed by atoms with Crippen LogP contribution in [-0.4, -0.2) is 16.1 Å². The minimum Gasteiger partial charge on any atom is -0.334 e. The van der Waals surface area contributed by atoms with Crippen LogP contribution in [0.2, 0.25) is 0 Å². The Hall–Kier alpha value is -0.830. The number of imidazole rings is 1. The molecule has 72 valence electrons. The predicted octanol–water partition coefficient (Wildman–Crippen LogP) is 1.57. The van der Waals surface area contributed by atoms with E-state index in [1.807, 2.05) is 12.5 Å². The first kappa shape index (κ1) is 8.75. The number of rotatable bonds is 2. The first-order chi connectivity index (χ1) is 6.40. The Morgan fingerprint density at radius 3 is 2.62 bits per heavy atom. The zero-order valence-electron chi connectivity index (χ0n) is 7.89. The molecule has 1 aliphatic rings. The summed E-state index contributed by atoms with van der Waals surface area (Å²) in [6, 6.07) is 0.672. The Morgan fingerprint density at radius 1 is 1.31 bits per heavy atom. The van der Waals surface area contributed by atoms with E-state index in [9.17, 15) is 0 Å². The molecule has 1 saturated carbocycles. The fraction of sp³-hybridized carbons (Fsp3) is 0.700. The standard InChI is InChI=1S/C10H17N3/c11-7-9-1-3-10(4-2-9)13-6-5-12-8-13/h5-6,8-10H,1-4,7,11H2/t9-,10-. The van der Waals surface area contributed by atoms with E-state index in [-0.39, 0.29) is 0 Å². The molecule has 0 aliphatic heterocycles. The molecule has 1 aliphatic carbocycles. The van der Waals surface area contributed by atoms with Crippen molar-refractivity contribution in [2.75, 3.05) is 6.54 Å². The maximum absolute atomic E-state index is 5.65. The van der Waals surface area contributed by atoms with Crippen molar-refractivity contribution in [1.29, 1.82) is 0 Å². The minimum absolute atomic E-state index is 0.672. The van der Waals surface area contributed by atoms with Crippen molar-refractivity contribution in [3.8, 4) is 0 Å². The van der Waals surface area contributed by atoms with Crippen molar-refractivity contribution in [3.05, 3.63) is 18.7 Å². The number of nitrogens with two attached hydrogens (primary N) is 1. The lowest BCUT2D eigenvalue weighted by molar-refractivity contribution is 0.279. The maximum Gasteiger partial charge on any atom is 0.0948 e. The van der Waals surface area contributed by atoms with Crippen molar-refractivity contribution in [2.24, 2.45) is 11.7 Å². The Bertz CT molecular complexity index is 235. The van der Waals surface area contributed by atoms with E-state index >= 15 is 0 Å². The lowest BCUT2D eigenvalue weighted by Gasteiger charge is -2.28. The molecule has 0 unspecified atom stereocenters. The average molecular weight is 179 g/mol. The van der Waals surface area contributed by atoms with Crippen LogP contribution in [0, 0.1) is 5.92 Å². The van der Waals surface area contributed by atoms with E-state index < -0.39 is 0 Å². The van der Waals surface area contributed by atoms with E-state index in [1.165, 1.54) is 25.7 Å². The summed E-state index contributed by atoms with van der Waals surface area (Å²) in [5.74, 6) is 0.764. The van der Waals surface area contributed by atoms with Crippen LogP contribution in [0.1, 0.15) is 31.7 Å². The first-order valence-corrected chi connectivity index (χ1v) is 5.07. The summed E-state index contributed by atoms with van der Waals surface area (Å²) >= 11 is 0. The van der Waals surface area contributed by atoms with Crippen LogP contribution in [-0.2, 0) is 0 Å². The van der Waals surface area contributed by atoms with Gasteiger partial charge in [-0.3, -0.25) is 0 Å². The summed E-state index contributed by atoms with van der Waals surface area (Å²) in [5, 5.41) is 0. The molecule has 3 heteroatoms.